The second-order valence-corrected chi connectivity index (χ2v) is 7.63. The van der Waals surface area contributed by atoms with E-state index in [0.717, 1.165) is 76.5 Å². The first-order valence-corrected chi connectivity index (χ1v) is 10.4. The van der Waals surface area contributed by atoms with Gasteiger partial charge < -0.3 is 21.6 Å². The number of pyridine rings is 1. The lowest BCUT2D eigenvalue weighted by atomic mass is 9.97. The molecule has 0 saturated carbocycles. The second kappa shape index (κ2) is 12.7. The van der Waals surface area contributed by atoms with E-state index in [4.69, 9.17) is 4.98 Å². The summed E-state index contributed by atoms with van der Waals surface area (Å²) in [6.07, 6.45) is 0. The number of aliphatic imine (C=N–C) groups is 2. The van der Waals surface area contributed by atoms with Gasteiger partial charge >= 0.3 is 0 Å². The summed E-state index contributed by atoms with van der Waals surface area (Å²) >= 11 is 0. The number of nitrogens with one attached hydrogen (secondary N) is 2. The third kappa shape index (κ3) is 5.50. The van der Waals surface area contributed by atoms with Crippen molar-refractivity contribution in [3.05, 3.63) is 77.9 Å². The van der Waals surface area contributed by atoms with E-state index in [2.05, 4.69) is 81.3 Å². The largest absolute Gasteiger partial charge is 0.412 e. The van der Waals surface area contributed by atoms with E-state index >= 15 is 0 Å². The van der Waals surface area contributed by atoms with Crippen LogP contribution in [0.4, 0.5) is 0 Å². The molecule has 6 rings (SSSR count). The van der Waals surface area contributed by atoms with Crippen LogP contribution in [0.2, 0.25) is 0 Å². The van der Waals surface area contributed by atoms with E-state index in [1.165, 1.54) is 5.39 Å². The molecular formula is C25H28Cl3N5O2. The van der Waals surface area contributed by atoms with Gasteiger partial charge in [-0.25, -0.2) is 4.98 Å². The van der Waals surface area contributed by atoms with E-state index in [0.29, 0.717) is 0 Å². The van der Waals surface area contributed by atoms with Crippen molar-refractivity contribution in [2.24, 2.45) is 9.98 Å². The predicted molar refractivity (Wildman–Crippen MR) is 152 cm³/mol. The van der Waals surface area contributed by atoms with Gasteiger partial charge in [-0.05, 0) is 17.5 Å². The monoisotopic (exact) mass is 535 g/mol. The van der Waals surface area contributed by atoms with Crippen molar-refractivity contribution >= 4 is 70.6 Å². The topological polar surface area (TPSA) is 125 Å². The number of nitrogens with zero attached hydrogens (tertiary/aromatic N) is 3. The average molecular weight is 537 g/mol. The van der Waals surface area contributed by atoms with Crippen molar-refractivity contribution < 1.29 is 11.0 Å². The third-order valence-corrected chi connectivity index (χ3v) is 5.74. The van der Waals surface area contributed by atoms with Gasteiger partial charge in [-0.2, -0.15) is 0 Å². The first-order valence-electron chi connectivity index (χ1n) is 10.4. The highest BCUT2D eigenvalue weighted by atomic mass is 35.5. The zero-order valence-corrected chi connectivity index (χ0v) is 21.2. The average Bonchev–Trinajstić information content (AvgIpc) is 3.53. The van der Waals surface area contributed by atoms with Crippen molar-refractivity contribution in [2.75, 3.05) is 26.2 Å². The van der Waals surface area contributed by atoms with E-state index in [1.54, 1.807) is 0 Å². The fourth-order valence-electron chi connectivity index (χ4n) is 4.30. The first kappa shape index (κ1) is 30.1. The Hall–Kier alpha value is -2.94. The maximum atomic E-state index is 5.13. The lowest BCUT2D eigenvalue weighted by molar-refractivity contribution is 0.823. The summed E-state index contributed by atoms with van der Waals surface area (Å²) in [5, 5.41) is 10.2. The minimum absolute atomic E-state index is 0. The van der Waals surface area contributed by atoms with E-state index in [1.807, 2.05) is 6.07 Å². The molecule has 186 valence electrons. The number of benzene rings is 3. The standard InChI is InChI=1S/C25H21N5.3ClH.2H2O/c1-2-4-16(5-3-1)23-21-14-17(24-26-10-11-27-24)6-8-19(21)20-9-7-18(15-22(20)30-23)25-28-12-13-29-25;;;;;/h1-9,14-15H,10-13H2,(H,26,27)(H,28,29);3*1H;2*1H2. The number of hydrogen-bond acceptors (Lipinski definition) is 5. The van der Waals surface area contributed by atoms with Gasteiger partial charge in [0.15, 0.2) is 0 Å². The zero-order chi connectivity index (χ0) is 19.9. The van der Waals surface area contributed by atoms with Crippen molar-refractivity contribution in [2.45, 2.75) is 0 Å². The van der Waals surface area contributed by atoms with Gasteiger partial charge in [0, 0.05) is 40.6 Å². The van der Waals surface area contributed by atoms with Crippen LogP contribution in [0, 0.1) is 0 Å². The van der Waals surface area contributed by atoms with Crippen LogP contribution < -0.4 is 10.6 Å². The number of halogens is 3. The Kier molecular flexibility index (Phi) is 10.9. The van der Waals surface area contributed by atoms with E-state index < -0.39 is 0 Å². The molecule has 0 amide bonds. The predicted octanol–water partition coefficient (Wildman–Crippen LogP) is 3.37. The highest BCUT2D eigenvalue weighted by molar-refractivity contribution is 6.14. The number of hydrogen-bond donors (Lipinski definition) is 2. The molecule has 2 aliphatic heterocycles. The lowest BCUT2D eigenvalue weighted by Crippen LogP contribution is -2.19. The van der Waals surface area contributed by atoms with Crippen LogP contribution in [0.15, 0.2) is 76.7 Å². The van der Waals surface area contributed by atoms with Gasteiger partial charge in [0.1, 0.15) is 11.7 Å². The van der Waals surface area contributed by atoms with Crippen LogP contribution in [-0.4, -0.2) is 53.8 Å². The maximum Gasteiger partial charge on any atom is 0.128 e. The van der Waals surface area contributed by atoms with Gasteiger partial charge in [0.2, 0.25) is 0 Å². The Morgan fingerprint density at radius 3 is 1.71 bits per heavy atom. The lowest BCUT2D eigenvalue weighted by Gasteiger charge is -2.13. The fourth-order valence-corrected chi connectivity index (χ4v) is 4.30. The molecule has 10 heteroatoms. The first-order chi connectivity index (χ1) is 14.9. The molecular weight excluding hydrogens is 509 g/mol. The fraction of sp³-hybridized carbons (Fsp3) is 0.160. The molecule has 7 nitrogen and oxygen atoms in total. The van der Waals surface area contributed by atoms with Crippen molar-refractivity contribution in [3.63, 3.8) is 0 Å². The second-order valence-electron chi connectivity index (χ2n) is 7.63. The van der Waals surface area contributed by atoms with Crippen molar-refractivity contribution in [1.29, 1.82) is 0 Å². The summed E-state index contributed by atoms with van der Waals surface area (Å²) in [5.74, 6) is 1.93. The Morgan fingerprint density at radius 1 is 0.571 bits per heavy atom. The van der Waals surface area contributed by atoms with Crippen molar-refractivity contribution in [1.82, 2.24) is 15.6 Å². The molecule has 1 aromatic heterocycles. The molecule has 3 aromatic carbocycles. The number of rotatable bonds is 3. The number of fused-ring (bicyclic) bond motifs is 3. The molecule has 0 atom stereocenters. The van der Waals surface area contributed by atoms with Crippen LogP contribution in [0.3, 0.4) is 0 Å². The van der Waals surface area contributed by atoms with Crippen LogP contribution >= 0.6 is 37.2 Å². The Labute approximate surface area is 222 Å². The van der Waals surface area contributed by atoms with Crippen molar-refractivity contribution in [3.8, 4) is 11.3 Å². The molecule has 6 N–H and O–H groups in total. The number of amidine groups is 2. The van der Waals surface area contributed by atoms with Crippen LogP contribution in [-0.2, 0) is 0 Å². The molecule has 0 radical (unpaired) electrons. The van der Waals surface area contributed by atoms with E-state index in [9.17, 15) is 0 Å². The van der Waals surface area contributed by atoms with Crippen LogP contribution in [0.5, 0.6) is 0 Å². The maximum absolute atomic E-state index is 5.13. The molecule has 0 unspecified atom stereocenters. The molecule has 0 fully saturated rings. The molecule has 0 spiro atoms. The minimum atomic E-state index is 0. The third-order valence-electron chi connectivity index (χ3n) is 5.74. The van der Waals surface area contributed by atoms with Crippen LogP contribution in [0.1, 0.15) is 11.1 Å². The molecule has 2 aliphatic rings. The van der Waals surface area contributed by atoms with E-state index in [-0.39, 0.29) is 48.2 Å². The van der Waals surface area contributed by atoms with Gasteiger partial charge in [0.05, 0.1) is 24.3 Å². The molecule has 0 saturated heterocycles. The Morgan fingerprint density at radius 2 is 1.14 bits per heavy atom. The Balaban J connectivity index is 0.00000122. The minimum Gasteiger partial charge on any atom is -0.412 e. The summed E-state index contributed by atoms with van der Waals surface area (Å²) in [6.45, 7) is 3.45. The smallest absolute Gasteiger partial charge is 0.128 e. The van der Waals surface area contributed by atoms with Gasteiger partial charge in [0.25, 0.3) is 0 Å². The van der Waals surface area contributed by atoms with Crippen LogP contribution in [0.25, 0.3) is 32.9 Å². The quantitative estimate of drug-likeness (QED) is 0.390. The summed E-state index contributed by atoms with van der Waals surface area (Å²) < 4.78 is 0. The van der Waals surface area contributed by atoms with Gasteiger partial charge in [-0.15, -0.1) is 37.2 Å². The summed E-state index contributed by atoms with van der Waals surface area (Å²) in [5.41, 5.74) is 5.30. The van der Waals surface area contributed by atoms with Gasteiger partial charge in [-0.1, -0.05) is 54.6 Å². The van der Waals surface area contributed by atoms with Gasteiger partial charge in [-0.3, -0.25) is 9.98 Å². The molecule has 35 heavy (non-hydrogen) atoms. The highest BCUT2D eigenvalue weighted by Crippen LogP contribution is 2.33. The highest BCUT2D eigenvalue weighted by Gasteiger charge is 2.16. The molecule has 4 aromatic rings. The molecule has 3 heterocycles. The molecule has 0 bridgehead atoms. The zero-order valence-electron chi connectivity index (χ0n) is 18.7. The Bertz CT molecular complexity index is 1360. The normalized spacial score (nSPS) is 13.5. The summed E-state index contributed by atoms with van der Waals surface area (Å²) in [6, 6.07) is 23.4. The number of aromatic nitrogens is 1. The summed E-state index contributed by atoms with van der Waals surface area (Å²) in [4.78, 5) is 14.3. The molecule has 0 aliphatic carbocycles. The summed E-state index contributed by atoms with van der Waals surface area (Å²) in [7, 11) is 0. The SMILES string of the molecule is Cl.Cl.Cl.O.O.c1ccc(-c2nc3cc(C4=NCCN4)ccc3c3ccc(C4=NCCN4)cc23)cc1.